The summed E-state index contributed by atoms with van der Waals surface area (Å²) < 4.78 is 76.6. The summed E-state index contributed by atoms with van der Waals surface area (Å²) in [5.41, 5.74) is -0.853. The van der Waals surface area contributed by atoms with Crippen LogP contribution in [-0.2, 0) is 58.6 Å². The molecule has 0 radical (unpaired) electrons. The summed E-state index contributed by atoms with van der Waals surface area (Å²) >= 11 is 0. The molecule has 28 heteroatoms. The van der Waals surface area contributed by atoms with Crippen LogP contribution >= 0.6 is 31.3 Å². The molecule has 49 heavy (non-hydrogen) atoms. The molecule has 280 valence electrons. The molecule has 2 aromatic carbocycles. The van der Waals surface area contributed by atoms with Crippen molar-refractivity contribution in [3.8, 4) is 11.5 Å². The highest BCUT2D eigenvalue weighted by Crippen LogP contribution is 2.40. The van der Waals surface area contributed by atoms with E-state index in [9.17, 15) is 58.1 Å². The van der Waals surface area contributed by atoms with Crippen LogP contribution in [0.2, 0.25) is 0 Å². The molecule has 4 atom stereocenters. The van der Waals surface area contributed by atoms with Gasteiger partial charge in [0.1, 0.15) is 11.5 Å². The zero-order valence-electron chi connectivity index (χ0n) is 25.7. The van der Waals surface area contributed by atoms with E-state index in [0.717, 1.165) is 40.6 Å². The van der Waals surface area contributed by atoms with Gasteiger partial charge < -0.3 is 66.0 Å². The topological polar surface area (TPSA) is 361 Å². The van der Waals surface area contributed by atoms with Crippen molar-refractivity contribution in [2.24, 2.45) is 0 Å². The van der Waals surface area contributed by atoms with Gasteiger partial charge in [0, 0.05) is 34.9 Å². The van der Waals surface area contributed by atoms with Gasteiger partial charge in [-0.3, -0.25) is 38.5 Å². The Labute approximate surface area is 277 Å². The highest BCUT2D eigenvalue weighted by atomic mass is 31.2. The lowest BCUT2D eigenvalue weighted by atomic mass is 10.2. The van der Waals surface area contributed by atoms with E-state index < -0.39 is 65.7 Å². The molecule has 0 saturated carbocycles. The fourth-order valence-electron chi connectivity index (χ4n) is 2.69. The van der Waals surface area contributed by atoms with Crippen LogP contribution in [0.15, 0.2) is 36.4 Å². The van der Waals surface area contributed by atoms with Crippen molar-refractivity contribution in [1.29, 1.82) is 0 Å². The van der Waals surface area contributed by atoms with Gasteiger partial charge in [-0.25, -0.2) is 0 Å². The van der Waals surface area contributed by atoms with Crippen molar-refractivity contribution >= 4 is 42.7 Å². The first-order valence-electron chi connectivity index (χ1n) is 12.5. The summed E-state index contributed by atoms with van der Waals surface area (Å²) in [6, 6.07) is 7.56. The Kier molecular flexibility index (Phi) is 20.3. The summed E-state index contributed by atoms with van der Waals surface area (Å²) in [6.45, 7) is -1.07. The molecule has 0 fully saturated rings. The zero-order valence-corrected chi connectivity index (χ0v) is 29.3. The quantitative estimate of drug-likeness (QED) is 0.0913. The molecule has 0 amide bonds. The van der Waals surface area contributed by atoms with Gasteiger partial charge in [0.2, 0.25) is 0 Å². The maximum Gasteiger partial charge on any atom is 0.278 e. The van der Waals surface area contributed by atoms with Crippen molar-refractivity contribution in [3.63, 3.8) is 0 Å². The van der Waals surface area contributed by atoms with Gasteiger partial charge in [0.05, 0.1) is 59.5 Å². The number of phosphoric ester groups is 4. The monoisotopic (exact) mass is 786 g/mol. The average Bonchev–Trinajstić information content (AvgIpc) is 3.03. The van der Waals surface area contributed by atoms with Gasteiger partial charge >= 0.3 is 0 Å². The predicted octanol–water partition coefficient (Wildman–Crippen LogP) is 0.801. The first-order chi connectivity index (χ1) is 22.5. The fraction of sp³-hybridized carbons (Fsp3) is 0.429. The molecular weight excluding hydrogens is 756 g/mol. The van der Waals surface area contributed by atoms with Crippen LogP contribution in [0.25, 0.3) is 0 Å². The molecule has 0 aliphatic rings. The Morgan fingerprint density at radius 2 is 0.918 bits per heavy atom. The van der Waals surface area contributed by atoms with Gasteiger partial charge in [-0.05, 0) is 24.3 Å². The van der Waals surface area contributed by atoms with Crippen LogP contribution in [0.3, 0.4) is 0 Å². The van der Waals surface area contributed by atoms with Crippen LogP contribution in [0.1, 0.15) is 17.5 Å². The van der Waals surface area contributed by atoms with Crippen molar-refractivity contribution in [2.75, 3.05) is 41.7 Å². The number of nitro groups is 2. The largest absolute Gasteiger partial charge is 0.756 e. The van der Waals surface area contributed by atoms with Crippen LogP contribution < -0.4 is 29.0 Å². The highest BCUT2D eigenvalue weighted by Gasteiger charge is 2.19. The summed E-state index contributed by atoms with van der Waals surface area (Å²) in [6.07, 6.45) is 0.289. The van der Waals surface area contributed by atoms with Gasteiger partial charge in [0.15, 0.2) is 0 Å². The number of phosphoric acid groups is 4. The third kappa shape index (κ3) is 21.2. The number of ether oxygens (including phenoxy) is 2. The van der Waals surface area contributed by atoms with Crippen molar-refractivity contribution < 1.29 is 94.1 Å². The Morgan fingerprint density at radius 1 is 0.612 bits per heavy atom. The first kappa shape index (κ1) is 46.3. The standard InChI is InChI=1S/C19H24N2O14P2.2CH5O4P/c1-30-36(26,27)34-12-14-4-6-16(10-18(14)20(22)23)32-8-3-9-33-17-7-5-15(19(11-17)21(24)25)13-35-37(28,29)31-2;2*1-5-6(2,3)4/h4-7,10-11H,3,8-9,12-13H2,1-2H3,(H,26,27)(H,28,29);2*1H3,(H2,2,3,4)/p-4. The predicted molar refractivity (Wildman–Crippen MR) is 154 cm³/mol. The molecule has 4 unspecified atom stereocenters. The third-order valence-electron chi connectivity index (χ3n) is 5.00. The van der Waals surface area contributed by atoms with E-state index in [1.54, 1.807) is 0 Å². The average molecular weight is 786 g/mol. The molecule has 0 aliphatic carbocycles. The van der Waals surface area contributed by atoms with Crippen LogP contribution in [0.4, 0.5) is 11.4 Å². The minimum absolute atomic E-state index is 0.00969. The second-order valence-electron chi connectivity index (χ2n) is 8.25. The van der Waals surface area contributed by atoms with Gasteiger partial charge in [-0.1, -0.05) is 0 Å². The summed E-state index contributed by atoms with van der Waals surface area (Å²) in [5, 5.41) is 22.6. The molecule has 24 nitrogen and oxygen atoms in total. The molecule has 2 aromatic rings. The maximum absolute atomic E-state index is 11.3. The maximum atomic E-state index is 11.3. The number of benzene rings is 2. The van der Waals surface area contributed by atoms with Crippen LogP contribution in [0, 0.1) is 20.2 Å². The fourth-order valence-corrected chi connectivity index (χ4v) is 3.50. The first-order valence-corrected chi connectivity index (χ1v) is 18.4. The van der Waals surface area contributed by atoms with E-state index in [4.69, 9.17) is 19.3 Å². The number of hydrogen-bond donors (Lipinski definition) is 2. The lowest BCUT2D eigenvalue weighted by Gasteiger charge is -2.20. The Hall–Kier alpha value is -2.72. The summed E-state index contributed by atoms with van der Waals surface area (Å²) in [7, 11) is -14.4. The Balaban J connectivity index is 0.00000163. The second-order valence-corrected chi connectivity index (χ2v) is 13.9. The van der Waals surface area contributed by atoms with Gasteiger partial charge in [-0.2, -0.15) is 0 Å². The highest BCUT2D eigenvalue weighted by molar-refractivity contribution is 7.46. The van der Waals surface area contributed by atoms with E-state index in [0.29, 0.717) is 0 Å². The van der Waals surface area contributed by atoms with Crippen LogP contribution in [0.5, 0.6) is 11.5 Å². The molecule has 0 heterocycles. The SMILES string of the molecule is COP(=O)([O-])O.COP(=O)([O-])O.COP(=O)([O-])OCc1ccc(OCCCOc2ccc(COP(=O)([O-])OC)c([N+](=O)[O-])c2)cc1[N+](=O)[O-]. The number of nitro benzene ring substituents is 2. The van der Waals surface area contributed by atoms with Crippen molar-refractivity contribution in [3.05, 3.63) is 67.8 Å². The van der Waals surface area contributed by atoms with E-state index in [1.165, 1.54) is 24.3 Å². The minimum Gasteiger partial charge on any atom is -0.756 e. The number of hydrogen-bond acceptors (Lipinski definition) is 20. The number of nitrogens with zero attached hydrogens (tertiary/aromatic N) is 2. The second kappa shape index (κ2) is 21.5. The summed E-state index contributed by atoms with van der Waals surface area (Å²) in [4.78, 5) is 77.7. The number of rotatable bonds is 18. The van der Waals surface area contributed by atoms with Crippen molar-refractivity contribution in [2.45, 2.75) is 19.6 Å². The molecule has 0 spiro atoms. The normalized spacial score (nSPS) is 15.7. The van der Waals surface area contributed by atoms with E-state index in [-0.39, 0.29) is 42.3 Å². The Morgan fingerprint density at radius 3 is 1.16 bits per heavy atom. The lowest BCUT2D eigenvalue weighted by molar-refractivity contribution is -0.386. The van der Waals surface area contributed by atoms with Crippen molar-refractivity contribution in [1.82, 2.24) is 0 Å². The lowest BCUT2D eigenvalue weighted by Crippen LogP contribution is -2.08. The smallest absolute Gasteiger partial charge is 0.278 e. The molecule has 0 aromatic heterocycles. The van der Waals surface area contributed by atoms with E-state index in [2.05, 4.69) is 27.1 Å². The van der Waals surface area contributed by atoms with E-state index in [1.807, 2.05) is 0 Å². The molecule has 2 N–H and O–H groups in total. The molecule has 0 aliphatic heterocycles. The molecule has 0 bridgehead atoms. The van der Waals surface area contributed by atoms with E-state index >= 15 is 0 Å². The molecular formula is C21H30N2O22P4-4. The van der Waals surface area contributed by atoms with Gasteiger partial charge in [0.25, 0.3) is 42.7 Å². The van der Waals surface area contributed by atoms with Crippen LogP contribution in [-0.4, -0.2) is 61.3 Å². The molecule has 0 saturated heterocycles. The summed E-state index contributed by atoms with van der Waals surface area (Å²) in [5.74, 6) is 0.276. The Bertz CT molecular complexity index is 1450. The minimum atomic E-state index is -4.57. The van der Waals surface area contributed by atoms with Gasteiger partial charge in [-0.15, -0.1) is 0 Å². The third-order valence-corrected chi connectivity index (χ3v) is 7.71. The zero-order chi connectivity index (χ0) is 38.1. The molecule has 2 rings (SSSR count).